The molecule has 1 aromatic carbocycles. The van der Waals surface area contributed by atoms with Crippen LogP contribution in [0.2, 0.25) is 5.02 Å². The molecule has 90 valence electrons. The maximum absolute atomic E-state index is 8.62. The summed E-state index contributed by atoms with van der Waals surface area (Å²) >= 11 is 5.87. The van der Waals surface area contributed by atoms with Crippen LogP contribution in [0.25, 0.3) is 0 Å². The monoisotopic (exact) mass is 242 g/mol. The molecule has 0 unspecified atom stereocenters. The molecule has 1 aromatic rings. The number of hydrogen-bond donors (Lipinski definition) is 3. The second kappa shape index (κ2) is 7.36. The Hall–Kier alpha value is -0.930. The number of hydrogen-bond acceptors (Lipinski definition) is 3. The van der Waals surface area contributed by atoms with Crippen molar-refractivity contribution < 1.29 is 5.11 Å². The third-order valence-corrected chi connectivity index (χ3v) is 2.65. The average molecular weight is 243 g/mol. The van der Waals surface area contributed by atoms with Crippen molar-refractivity contribution in [1.29, 1.82) is 0 Å². The molecule has 0 bridgehead atoms. The lowest BCUT2D eigenvalue weighted by Gasteiger charge is -2.09. The molecule has 4 N–H and O–H groups in total. The Morgan fingerprint density at radius 2 is 1.94 bits per heavy atom. The lowest BCUT2D eigenvalue weighted by molar-refractivity contribution is 0.283. The zero-order valence-electron chi connectivity index (χ0n) is 9.38. The summed E-state index contributed by atoms with van der Waals surface area (Å²) in [6.07, 6.45) is 4.16. The Balaban J connectivity index is 2.23. The van der Waals surface area contributed by atoms with Crippen LogP contribution in [0.3, 0.4) is 0 Å². The lowest BCUT2D eigenvalue weighted by atomic mass is 10.2. The van der Waals surface area contributed by atoms with Gasteiger partial charge in [-0.05, 0) is 31.0 Å². The standard InChI is InChI=1S/C12H19ClN2O/c13-10-5-6-11(14)12(9-10)15-7-3-1-2-4-8-16/h5-6,9,15-16H,1-4,7-8,14H2. The first-order valence-electron chi connectivity index (χ1n) is 5.64. The number of anilines is 2. The number of halogens is 1. The number of nitrogen functional groups attached to an aromatic ring is 1. The van der Waals surface area contributed by atoms with E-state index in [-0.39, 0.29) is 6.61 Å². The Morgan fingerprint density at radius 3 is 2.69 bits per heavy atom. The first-order chi connectivity index (χ1) is 7.74. The molecule has 16 heavy (non-hydrogen) atoms. The van der Waals surface area contributed by atoms with Gasteiger partial charge in [-0.25, -0.2) is 0 Å². The van der Waals surface area contributed by atoms with Crippen LogP contribution in [0.1, 0.15) is 25.7 Å². The van der Waals surface area contributed by atoms with E-state index in [2.05, 4.69) is 5.32 Å². The van der Waals surface area contributed by atoms with E-state index in [1.807, 2.05) is 6.07 Å². The van der Waals surface area contributed by atoms with E-state index in [0.717, 1.165) is 43.6 Å². The molecule has 0 aromatic heterocycles. The molecule has 0 heterocycles. The van der Waals surface area contributed by atoms with Gasteiger partial charge in [0.15, 0.2) is 0 Å². The molecule has 0 aliphatic heterocycles. The molecule has 0 amide bonds. The molecular formula is C12H19ClN2O. The zero-order valence-corrected chi connectivity index (χ0v) is 10.1. The summed E-state index contributed by atoms with van der Waals surface area (Å²) in [6.45, 7) is 1.17. The number of unbranched alkanes of at least 4 members (excludes halogenated alkanes) is 3. The molecule has 0 saturated heterocycles. The van der Waals surface area contributed by atoms with E-state index in [0.29, 0.717) is 5.02 Å². The molecule has 0 aliphatic carbocycles. The number of nitrogens with two attached hydrogens (primary N) is 1. The Kier molecular flexibility index (Phi) is 6.04. The van der Waals surface area contributed by atoms with Crippen molar-refractivity contribution in [2.24, 2.45) is 0 Å². The largest absolute Gasteiger partial charge is 0.397 e. The van der Waals surface area contributed by atoms with E-state index in [9.17, 15) is 0 Å². The highest BCUT2D eigenvalue weighted by Gasteiger charge is 1.98. The fraction of sp³-hybridized carbons (Fsp3) is 0.500. The van der Waals surface area contributed by atoms with Gasteiger partial charge in [0.1, 0.15) is 0 Å². The summed E-state index contributed by atoms with van der Waals surface area (Å²) in [7, 11) is 0. The quantitative estimate of drug-likeness (QED) is 0.509. The number of benzene rings is 1. The highest BCUT2D eigenvalue weighted by Crippen LogP contribution is 2.22. The van der Waals surface area contributed by atoms with E-state index in [4.69, 9.17) is 22.4 Å². The second-order valence-electron chi connectivity index (χ2n) is 3.80. The van der Waals surface area contributed by atoms with Crippen LogP contribution < -0.4 is 11.1 Å². The number of nitrogens with one attached hydrogen (secondary N) is 1. The third-order valence-electron chi connectivity index (χ3n) is 2.42. The minimum atomic E-state index is 0.286. The van der Waals surface area contributed by atoms with Crippen LogP contribution in [0.15, 0.2) is 18.2 Å². The maximum Gasteiger partial charge on any atom is 0.0588 e. The first kappa shape index (κ1) is 13.1. The van der Waals surface area contributed by atoms with Gasteiger partial charge in [-0.15, -0.1) is 0 Å². The van der Waals surface area contributed by atoms with E-state index in [1.165, 1.54) is 0 Å². The average Bonchev–Trinajstić information content (AvgIpc) is 2.28. The normalized spacial score (nSPS) is 10.4. The molecule has 0 radical (unpaired) electrons. The molecule has 0 atom stereocenters. The van der Waals surface area contributed by atoms with Crippen molar-refractivity contribution in [1.82, 2.24) is 0 Å². The molecule has 0 fully saturated rings. The number of aliphatic hydroxyl groups is 1. The van der Waals surface area contributed by atoms with Gasteiger partial charge in [-0.1, -0.05) is 24.4 Å². The summed E-state index contributed by atoms with van der Waals surface area (Å²) < 4.78 is 0. The molecular weight excluding hydrogens is 224 g/mol. The van der Waals surface area contributed by atoms with Gasteiger partial charge in [-0.3, -0.25) is 0 Å². The summed E-state index contributed by atoms with van der Waals surface area (Å²) in [5.41, 5.74) is 7.42. The highest BCUT2D eigenvalue weighted by molar-refractivity contribution is 6.31. The fourth-order valence-electron chi connectivity index (χ4n) is 1.50. The Bertz CT molecular complexity index is 318. The van der Waals surface area contributed by atoms with Gasteiger partial charge in [0, 0.05) is 18.2 Å². The smallest absolute Gasteiger partial charge is 0.0588 e. The minimum absolute atomic E-state index is 0.286. The molecule has 0 saturated carbocycles. The van der Waals surface area contributed by atoms with Crippen molar-refractivity contribution in [3.05, 3.63) is 23.2 Å². The number of aliphatic hydroxyl groups excluding tert-OH is 1. The predicted molar refractivity (Wildman–Crippen MR) is 69.9 cm³/mol. The lowest BCUT2D eigenvalue weighted by Crippen LogP contribution is -2.04. The van der Waals surface area contributed by atoms with Crippen LogP contribution in [0.5, 0.6) is 0 Å². The molecule has 4 heteroatoms. The van der Waals surface area contributed by atoms with Gasteiger partial charge in [-0.2, -0.15) is 0 Å². The van der Waals surface area contributed by atoms with Crippen molar-refractivity contribution in [2.45, 2.75) is 25.7 Å². The van der Waals surface area contributed by atoms with Crippen LogP contribution in [-0.2, 0) is 0 Å². The van der Waals surface area contributed by atoms with E-state index < -0.39 is 0 Å². The van der Waals surface area contributed by atoms with Crippen molar-refractivity contribution in [3.63, 3.8) is 0 Å². The minimum Gasteiger partial charge on any atom is -0.397 e. The molecule has 0 spiro atoms. The topological polar surface area (TPSA) is 58.3 Å². The Morgan fingerprint density at radius 1 is 1.19 bits per heavy atom. The Labute approximate surface area is 102 Å². The third kappa shape index (κ3) is 4.73. The fourth-order valence-corrected chi connectivity index (χ4v) is 1.67. The summed E-state index contributed by atoms with van der Waals surface area (Å²) in [5, 5.41) is 12.6. The van der Waals surface area contributed by atoms with Gasteiger partial charge < -0.3 is 16.2 Å². The molecule has 1 rings (SSSR count). The second-order valence-corrected chi connectivity index (χ2v) is 4.23. The van der Waals surface area contributed by atoms with E-state index >= 15 is 0 Å². The van der Waals surface area contributed by atoms with Gasteiger partial charge >= 0.3 is 0 Å². The number of rotatable bonds is 7. The van der Waals surface area contributed by atoms with Gasteiger partial charge in [0.25, 0.3) is 0 Å². The predicted octanol–water partition coefficient (Wildman–Crippen LogP) is 2.89. The maximum atomic E-state index is 8.62. The van der Waals surface area contributed by atoms with E-state index in [1.54, 1.807) is 12.1 Å². The van der Waals surface area contributed by atoms with Crippen LogP contribution in [-0.4, -0.2) is 18.3 Å². The van der Waals surface area contributed by atoms with Crippen LogP contribution in [0.4, 0.5) is 11.4 Å². The van der Waals surface area contributed by atoms with Crippen molar-refractivity contribution in [3.8, 4) is 0 Å². The summed E-state index contributed by atoms with van der Waals surface area (Å²) in [5.74, 6) is 0. The SMILES string of the molecule is Nc1ccc(Cl)cc1NCCCCCCO. The highest BCUT2D eigenvalue weighted by atomic mass is 35.5. The summed E-state index contributed by atoms with van der Waals surface area (Å²) in [4.78, 5) is 0. The molecule has 3 nitrogen and oxygen atoms in total. The summed E-state index contributed by atoms with van der Waals surface area (Å²) in [6, 6.07) is 5.42. The van der Waals surface area contributed by atoms with Gasteiger partial charge in [0.05, 0.1) is 11.4 Å². The zero-order chi connectivity index (χ0) is 11.8. The van der Waals surface area contributed by atoms with Crippen LogP contribution in [0, 0.1) is 0 Å². The van der Waals surface area contributed by atoms with Crippen molar-refractivity contribution >= 4 is 23.0 Å². The molecule has 0 aliphatic rings. The van der Waals surface area contributed by atoms with Crippen molar-refractivity contribution in [2.75, 3.05) is 24.2 Å². The van der Waals surface area contributed by atoms with Crippen LogP contribution >= 0.6 is 11.6 Å². The first-order valence-corrected chi connectivity index (χ1v) is 6.01. The van der Waals surface area contributed by atoms with Gasteiger partial charge in [0.2, 0.25) is 0 Å².